The summed E-state index contributed by atoms with van der Waals surface area (Å²) in [5.74, 6) is -1.83. The maximum absolute atomic E-state index is 12.1. The van der Waals surface area contributed by atoms with E-state index in [4.69, 9.17) is 5.11 Å². The van der Waals surface area contributed by atoms with E-state index in [1.165, 1.54) is 12.1 Å². The fourth-order valence-corrected chi connectivity index (χ4v) is 2.13. The number of carbonyl (C=O) groups excluding carboxylic acids is 1. The minimum absolute atomic E-state index is 0.127. The molecular formula is C15H12BrNO4. The first-order valence-corrected chi connectivity index (χ1v) is 6.81. The van der Waals surface area contributed by atoms with Crippen molar-refractivity contribution in [3.05, 3.63) is 57.6 Å². The molecule has 0 bridgehead atoms. The van der Waals surface area contributed by atoms with Gasteiger partial charge in [0.25, 0.3) is 5.91 Å². The first kappa shape index (κ1) is 15.1. The molecule has 0 saturated heterocycles. The molecule has 5 nitrogen and oxygen atoms in total. The number of aromatic hydroxyl groups is 1. The summed E-state index contributed by atoms with van der Waals surface area (Å²) >= 11 is 3.34. The zero-order valence-electron chi connectivity index (χ0n) is 11.1. The Labute approximate surface area is 129 Å². The van der Waals surface area contributed by atoms with Crippen molar-refractivity contribution >= 4 is 33.5 Å². The van der Waals surface area contributed by atoms with Gasteiger partial charge in [0.2, 0.25) is 0 Å². The zero-order chi connectivity index (χ0) is 15.6. The molecule has 2 aromatic rings. The van der Waals surface area contributed by atoms with Crippen LogP contribution in [0.4, 0.5) is 5.69 Å². The quantitative estimate of drug-likeness (QED) is 0.741. The van der Waals surface area contributed by atoms with Crippen molar-refractivity contribution in [1.29, 1.82) is 0 Å². The van der Waals surface area contributed by atoms with E-state index in [-0.39, 0.29) is 17.0 Å². The van der Waals surface area contributed by atoms with Crippen LogP contribution in [-0.4, -0.2) is 22.1 Å². The van der Waals surface area contributed by atoms with Gasteiger partial charge in [-0.05, 0) is 42.8 Å². The molecule has 108 valence electrons. The Morgan fingerprint density at radius 3 is 2.48 bits per heavy atom. The maximum atomic E-state index is 12.1. The van der Waals surface area contributed by atoms with Gasteiger partial charge in [-0.1, -0.05) is 22.0 Å². The van der Waals surface area contributed by atoms with Crippen LogP contribution in [0.3, 0.4) is 0 Å². The highest BCUT2D eigenvalue weighted by Crippen LogP contribution is 2.23. The summed E-state index contributed by atoms with van der Waals surface area (Å²) in [6.07, 6.45) is 0. The Morgan fingerprint density at radius 1 is 1.14 bits per heavy atom. The Bertz CT molecular complexity index is 728. The smallest absolute Gasteiger partial charge is 0.337 e. The van der Waals surface area contributed by atoms with Crippen molar-refractivity contribution in [3.63, 3.8) is 0 Å². The van der Waals surface area contributed by atoms with Gasteiger partial charge in [0.05, 0.1) is 11.3 Å². The third kappa shape index (κ3) is 3.41. The molecule has 0 atom stereocenters. The van der Waals surface area contributed by atoms with Gasteiger partial charge < -0.3 is 15.5 Å². The second-order valence-corrected chi connectivity index (χ2v) is 5.31. The number of phenolic OH excluding ortho intramolecular Hbond substituents is 1. The summed E-state index contributed by atoms with van der Waals surface area (Å²) in [6, 6.07) is 8.84. The lowest BCUT2D eigenvalue weighted by Gasteiger charge is -2.09. The van der Waals surface area contributed by atoms with E-state index in [9.17, 15) is 14.7 Å². The number of benzene rings is 2. The minimum Gasteiger partial charge on any atom is -0.508 e. The predicted octanol–water partition coefficient (Wildman–Crippen LogP) is 3.41. The molecule has 0 spiro atoms. The van der Waals surface area contributed by atoms with Crippen LogP contribution in [0.2, 0.25) is 0 Å². The van der Waals surface area contributed by atoms with Gasteiger partial charge in [-0.3, -0.25) is 4.79 Å². The number of aryl methyl sites for hydroxylation is 1. The number of carboxylic acids is 1. The SMILES string of the molecule is Cc1ccc(C(=O)Nc2ccc(O)cc2C(=O)O)cc1Br. The van der Waals surface area contributed by atoms with E-state index in [0.717, 1.165) is 16.1 Å². The lowest BCUT2D eigenvalue weighted by atomic mass is 10.1. The number of carboxylic acid groups (broad SMARTS) is 1. The van der Waals surface area contributed by atoms with Crippen LogP contribution >= 0.6 is 15.9 Å². The van der Waals surface area contributed by atoms with Gasteiger partial charge in [0, 0.05) is 10.0 Å². The Balaban J connectivity index is 2.31. The average Bonchev–Trinajstić information content (AvgIpc) is 2.43. The van der Waals surface area contributed by atoms with Gasteiger partial charge in [-0.25, -0.2) is 4.79 Å². The predicted molar refractivity (Wildman–Crippen MR) is 81.9 cm³/mol. The molecule has 21 heavy (non-hydrogen) atoms. The molecule has 0 aliphatic heterocycles. The van der Waals surface area contributed by atoms with Crippen molar-refractivity contribution in [2.24, 2.45) is 0 Å². The Hall–Kier alpha value is -2.34. The van der Waals surface area contributed by atoms with Crippen LogP contribution in [0, 0.1) is 6.92 Å². The summed E-state index contributed by atoms with van der Waals surface area (Å²) in [6.45, 7) is 1.90. The number of nitrogens with one attached hydrogen (secondary N) is 1. The molecule has 0 saturated carbocycles. The van der Waals surface area contributed by atoms with E-state index in [1.54, 1.807) is 18.2 Å². The monoisotopic (exact) mass is 349 g/mol. The Kier molecular flexibility index (Phi) is 4.28. The number of hydrogen-bond acceptors (Lipinski definition) is 3. The number of phenols is 1. The van der Waals surface area contributed by atoms with E-state index >= 15 is 0 Å². The molecule has 1 amide bonds. The summed E-state index contributed by atoms with van der Waals surface area (Å²) in [5.41, 5.74) is 1.34. The fourth-order valence-electron chi connectivity index (χ4n) is 1.75. The van der Waals surface area contributed by atoms with Crippen molar-refractivity contribution in [2.45, 2.75) is 6.92 Å². The maximum Gasteiger partial charge on any atom is 0.337 e. The summed E-state index contributed by atoms with van der Waals surface area (Å²) < 4.78 is 0.791. The first-order valence-electron chi connectivity index (χ1n) is 6.02. The van der Waals surface area contributed by atoms with Crippen molar-refractivity contribution in [2.75, 3.05) is 5.32 Å². The highest BCUT2D eigenvalue weighted by molar-refractivity contribution is 9.10. The van der Waals surface area contributed by atoms with Crippen LogP contribution in [0.25, 0.3) is 0 Å². The third-order valence-electron chi connectivity index (χ3n) is 2.92. The summed E-state index contributed by atoms with van der Waals surface area (Å²) in [4.78, 5) is 23.3. The molecule has 0 aliphatic rings. The van der Waals surface area contributed by atoms with Crippen molar-refractivity contribution < 1.29 is 19.8 Å². The number of hydrogen-bond donors (Lipinski definition) is 3. The molecule has 0 aliphatic carbocycles. The van der Waals surface area contributed by atoms with Crippen molar-refractivity contribution in [3.8, 4) is 5.75 Å². The molecule has 2 rings (SSSR count). The lowest BCUT2D eigenvalue weighted by Crippen LogP contribution is -2.14. The number of rotatable bonds is 3. The third-order valence-corrected chi connectivity index (χ3v) is 3.77. The van der Waals surface area contributed by atoms with Gasteiger partial charge in [-0.2, -0.15) is 0 Å². The van der Waals surface area contributed by atoms with Crippen LogP contribution in [0.5, 0.6) is 5.75 Å². The van der Waals surface area contributed by atoms with Crippen molar-refractivity contribution in [1.82, 2.24) is 0 Å². The zero-order valence-corrected chi connectivity index (χ0v) is 12.6. The highest BCUT2D eigenvalue weighted by atomic mass is 79.9. The number of amides is 1. The van der Waals surface area contributed by atoms with Gasteiger partial charge in [0.1, 0.15) is 5.75 Å². The normalized spacial score (nSPS) is 10.2. The molecule has 3 N–H and O–H groups in total. The molecule has 0 radical (unpaired) electrons. The number of carbonyl (C=O) groups is 2. The molecule has 6 heteroatoms. The van der Waals surface area contributed by atoms with Gasteiger partial charge in [-0.15, -0.1) is 0 Å². The molecule has 2 aromatic carbocycles. The van der Waals surface area contributed by atoms with Crippen LogP contribution in [-0.2, 0) is 0 Å². The highest BCUT2D eigenvalue weighted by Gasteiger charge is 2.14. The Morgan fingerprint density at radius 2 is 1.86 bits per heavy atom. The largest absolute Gasteiger partial charge is 0.508 e. The second-order valence-electron chi connectivity index (χ2n) is 4.45. The number of aromatic carboxylic acids is 1. The standard InChI is InChI=1S/C15H12BrNO4/c1-8-2-3-9(6-12(8)16)14(19)17-13-5-4-10(18)7-11(13)15(20)21/h2-7,18H,1H3,(H,17,19)(H,20,21). The fraction of sp³-hybridized carbons (Fsp3) is 0.0667. The number of halogens is 1. The minimum atomic E-state index is -1.23. The second kappa shape index (κ2) is 5.97. The topological polar surface area (TPSA) is 86.6 Å². The van der Waals surface area contributed by atoms with Crippen LogP contribution in [0.1, 0.15) is 26.3 Å². The summed E-state index contributed by atoms with van der Waals surface area (Å²) in [7, 11) is 0. The molecule has 0 aromatic heterocycles. The molecule has 0 fully saturated rings. The molecule has 0 unspecified atom stereocenters. The van der Waals surface area contributed by atoms with E-state index in [2.05, 4.69) is 21.2 Å². The number of anilines is 1. The molecule has 0 heterocycles. The first-order chi connectivity index (χ1) is 9.88. The van der Waals surface area contributed by atoms with Gasteiger partial charge >= 0.3 is 5.97 Å². The van der Waals surface area contributed by atoms with E-state index < -0.39 is 11.9 Å². The summed E-state index contributed by atoms with van der Waals surface area (Å²) in [5, 5.41) is 20.9. The van der Waals surface area contributed by atoms with Crippen LogP contribution in [0.15, 0.2) is 40.9 Å². The molecular weight excluding hydrogens is 338 g/mol. The average molecular weight is 350 g/mol. The van der Waals surface area contributed by atoms with E-state index in [1.807, 2.05) is 6.92 Å². The lowest BCUT2D eigenvalue weighted by molar-refractivity contribution is 0.0697. The van der Waals surface area contributed by atoms with E-state index in [0.29, 0.717) is 5.56 Å². The van der Waals surface area contributed by atoms with Gasteiger partial charge in [0.15, 0.2) is 0 Å². The van der Waals surface area contributed by atoms with Crippen LogP contribution < -0.4 is 5.32 Å².